The van der Waals surface area contributed by atoms with Crippen LogP contribution in [0.3, 0.4) is 0 Å². The van der Waals surface area contributed by atoms with E-state index in [0.717, 1.165) is 12.0 Å². The average Bonchev–Trinajstić information content (AvgIpc) is 3.15. The van der Waals surface area contributed by atoms with Crippen LogP contribution in [-0.2, 0) is 25.7 Å². The molecule has 0 radical (unpaired) electrons. The lowest BCUT2D eigenvalue weighted by Gasteiger charge is -2.29. The molecule has 0 aliphatic carbocycles. The largest absolute Gasteiger partial charge is 0.444 e. The van der Waals surface area contributed by atoms with E-state index < -0.39 is 23.8 Å². The highest BCUT2D eigenvalue weighted by atomic mass is 16.6. The van der Waals surface area contributed by atoms with Crippen LogP contribution in [0.25, 0.3) is 0 Å². The molecule has 8 nitrogen and oxygen atoms in total. The lowest BCUT2D eigenvalue weighted by Crippen LogP contribution is -2.55. The lowest BCUT2D eigenvalue weighted by molar-refractivity contribution is -0.141. The van der Waals surface area contributed by atoms with Gasteiger partial charge in [-0.05, 0) is 39.2 Å². The summed E-state index contributed by atoms with van der Waals surface area (Å²) in [7, 11) is 1.54. The van der Waals surface area contributed by atoms with Crippen molar-refractivity contribution in [2.45, 2.75) is 57.9 Å². The number of carbonyl (C=O) groups excluding carboxylic acids is 3. The molecule has 8 heteroatoms. The minimum absolute atomic E-state index is 0.0239. The molecule has 0 unspecified atom stereocenters. The van der Waals surface area contributed by atoms with Crippen molar-refractivity contribution in [1.82, 2.24) is 15.5 Å². The Morgan fingerprint density at radius 3 is 2.52 bits per heavy atom. The molecule has 1 aromatic carbocycles. The molecule has 2 N–H and O–H groups in total. The van der Waals surface area contributed by atoms with Gasteiger partial charge in [-0.25, -0.2) is 4.79 Å². The quantitative estimate of drug-likeness (QED) is 0.721. The monoisotopic (exact) mass is 405 g/mol. The van der Waals surface area contributed by atoms with Crippen LogP contribution in [0.2, 0.25) is 0 Å². The van der Waals surface area contributed by atoms with Gasteiger partial charge in [-0.3, -0.25) is 9.59 Å². The Labute approximate surface area is 171 Å². The van der Waals surface area contributed by atoms with Crippen molar-refractivity contribution >= 4 is 17.9 Å². The summed E-state index contributed by atoms with van der Waals surface area (Å²) in [5.41, 5.74) is 0.265. The van der Waals surface area contributed by atoms with Gasteiger partial charge in [0.05, 0.1) is 13.2 Å². The van der Waals surface area contributed by atoms with Gasteiger partial charge in [0, 0.05) is 13.6 Å². The second kappa shape index (κ2) is 10.2. The number of ether oxygens (including phenoxy) is 2. The highest BCUT2D eigenvalue weighted by Gasteiger charge is 2.37. The Balaban J connectivity index is 2.06. The molecule has 29 heavy (non-hydrogen) atoms. The summed E-state index contributed by atoms with van der Waals surface area (Å²) in [5.74, 6) is -0.563. The lowest BCUT2D eigenvalue weighted by atomic mass is 10.2. The first-order valence-electron chi connectivity index (χ1n) is 9.84. The molecule has 2 atom stereocenters. The van der Waals surface area contributed by atoms with E-state index in [1.807, 2.05) is 30.3 Å². The number of hydrogen-bond donors (Lipinski definition) is 2. The van der Waals surface area contributed by atoms with Crippen LogP contribution in [0.1, 0.15) is 39.2 Å². The number of nitrogens with zero attached hydrogens (tertiary/aromatic N) is 1. The first-order valence-corrected chi connectivity index (χ1v) is 9.84. The summed E-state index contributed by atoms with van der Waals surface area (Å²) in [5, 5.41) is 5.20. The molecule has 1 aliphatic rings. The van der Waals surface area contributed by atoms with Crippen LogP contribution in [0.4, 0.5) is 4.79 Å². The van der Waals surface area contributed by atoms with Gasteiger partial charge < -0.3 is 25.0 Å². The molecule has 0 bridgehead atoms. The number of hydrogen-bond acceptors (Lipinski definition) is 5. The number of likely N-dealkylation sites (N-methyl/N-ethyl adjacent to an activating group) is 1. The minimum atomic E-state index is -0.946. The fourth-order valence-electron chi connectivity index (χ4n) is 3.16. The molecule has 160 valence electrons. The fraction of sp³-hybridized carbons (Fsp3) is 0.571. The van der Waals surface area contributed by atoms with Gasteiger partial charge in [-0.2, -0.15) is 0 Å². The summed E-state index contributed by atoms with van der Waals surface area (Å²) in [6.45, 7) is 5.98. The SMILES string of the molecule is CNC(=O)[C@@H]1CCCN1C(=O)[C@H](COCc1ccccc1)NC(=O)OC(C)(C)C. The van der Waals surface area contributed by atoms with Crippen LogP contribution in [0, 0.1) is 0 Å². The zero-order valence-corrected chi connectivity index (χ0v) is 17.6. The third-order valence-corrected chi connectivity index (χ3v) is 4.47. The van der Waals surface area contributed by atoms with Gasteiger partial charge >= 0.3 is 6.09 Å². The van der Waals surface area contributed by atoms with E-state index in [9.17, 15) is 14.4 Å². The first-order chi connectivity index (χ1) is 13.7. The van der Waals surface area contributed by atoms with E-state index >= 15 is 0 Å². The van der Waals surface area contributed by atoms with Gasteiger partial charge in [0.25, 0.3) is 0 Å². The Hall–Kier alpha value is -2.61. The summed E-state index contributed by atoms with van der Waals surface area (Å²) in [6, 6.07) is 8.06. The maximum atomic E-state index is 13.1. The first kappa shape index (κ1) is 22.7. The predicted octanol–water partition coefficient (Wildman–Crippen LogP) is 1.83. The van der Waals surface area contributed by atoms with Gasteiger partial charge in [0.2, 0.25) is 11.8 Å². The number of alkyl carbamates (subject to hydrolysis) is 1. The van der Waals surface area contributed by atoms with E-state index in [0.29, 0.717) is 19.6 Å². The second-order valence-electron chi connectivity index (χ2n) is 8.00. The van der Waals surface area contributed by atoms with E-state index in [1.54, 1.807) is 27.8 Å². The van der Waals surface area contributed by atoms with Crippen molar-refractivity contribution in [3.8, 4) is 0 Å². The number of rotatable bonds is 7. The van der Waals surface area contributed by atoms with Crippen molar-refractivity contribution in [3.05, 3.63) is 35.9 Å². The number of benzene rings is 1. The van der Waals surface area contributed by atoms with Crippen LogP contribution < -0.4 is 10.6 Å². The van der Waals surface area contributed by atoms with Crippen LogP contribution >= 0.6 is 0 Å². The number of nitrogens with one attached hydrogen (secondary N) is 2. The highest BCUT2D eigenvalue weighted by Crippen LogP contribution is 2.19. The number of amides is 3. The zero-order valence-electron chi connectivity index (χ0n) is 17.6. The summed E-state index contributed by atoms with van der Waals surface area (Å²) >= 11 is 0. The van der Waals surface area contributed by atoms with E-state index in [2.05, 4.69) is 10.6 Å². The minimum Gasteiger partial charge on any atom is -0.444 e. The van der Waals surface area contributed by atoms with Gasteiger partial charge in [-0.15, -0.1) is 0 Å². The van der Waals surface area contributed by atoms with Crippen LogP contribution in [0.5, 0.6) is 0 Å². The molecule has 1 saturated heterocycles. The molecule has 0 aromatic heterocycles. The van der Waals surface area contributed by atoms with Crippen LogP contribution in [0.15, 0.2) is 30.3 Å². The summed E-state index contributed by atoms with van der Waals surface area (Å²) in [6.07, 6.45) is 0.624. The smallest absolute Gasteiger partial charge is 0.408 e. The molecule has 1 fully saturated rings. The zero-order chi connectivity index (χ0) is 21.4. The highest BCUT2D eigenvalue weighted by molar-refractivity contribution is 5.91. The second-order valence-corrected chi connectivity index (χ2v) is 8.00. The van der Waals surface area contributed by atoms with Gasteiger partial charge in [0.15, 0.2) is 0 Å². The third kappa shape index (κ3) is 7.05. The van der Waals surface area contributed by atoms with Crippen molar-refractivity contribution in [2.24, 2.45) is 0 Å². The van der Waals surface area contributed by atoms with Crippen molar-refractivity contribution in [1.29, 1.82) is 0 Å². The average molecular weight is 405 g/mol. The molecule has 3 amide bonds. The molecule has 1 heterocycles. The maximum Gasteiger partial charge on any atom is 0.408 e. The molecule has 1 aliphatic heterocycles. The number of carbonyl (C=O) groups is 3. The van der Waals surface area contributed by atoms with Gasteiger partial charge in [-0.1, -0.05) is 30.3 Å². The van der Waals surface area contributed by atoms with Crippen LogP contribution in [-0.4, -0.2) is 60.7 Å². The summed E-state index contributed by atoms with van der Waals surface area (Å²) in [4.78, 5) is 39.0. The normalized spacial score (nSPS) is 17.5. The topological polar surface area (TPSA) is 97.0 Å². The Morgan fingerprint density at radius 2 is 1.90 bits per heavy atom. The van der Waals surface area contributed by atoms with Gasteiger partial charge in [0.1, 0.15) is 17.7 Å². The Kier molecular flexibility index (Phi) is 8.01. The van der Waals surface area contributed by atoms with Crippen molar-refractivity contribution < 1.29 is 23.9 Å². The fourth-order valence-corrected chi connectivity index (χ4v) is 3.16. The van der Waals surface area contributed by atoms with E-state index in [1.165, 1.54) is 4.90 Å². The molecule has 0 saturated carbocycles. The molecular weight excluding hydrogens is 374 g/mol. The standard InChI is InChI=1S/C21H31N3O5/c1-21(2,3)29-20(27)23-16(14-28-13-15-9-6-5-7-10-15)19(26)24-12-8-11-17(24)18(25)22-4/h5-7,9-10,16-17H,8,11-14H2,1-4H3,(H,22,25)(H,23,27)/t16-,17-/m0/s1. The molecule has 2 rings (SSSR count). The van der Waals surface area contributed by atoms with E-state index in [-0.39, 0.29) is 18.4 Å². The van der Waals surface area contributed by atoms with Crippen molar-refractivity contribution in [2.75, 3.05) is 20.2 Å². The summed E-state index contributed by atoms with van der Waals surface area (Å²) < 4.78 is 11.0. The molecule has 1 aromatic rings. The Morgan fingerprint density at radius 1 is 1.21 bits per heavy atom. The predicted molar refractivity (Wildman–Crippen MR) is 108 cm³/mol. The Bertz CT molecular complexity index is 702. The molecule has 0 spiro atoms. The van der Waals surface area contributed by atoms with Crippen molar-refractivity contribution in [3.63, 3.8) is 0 Å². The molecular formula is C21H31N3O5. The van der Waals surface area contributed by atoms with E-state index in [4.69, 9.17) is 9.47 Å². The maximum absolute atomic E-state index is 13.1. The number of likely N-dealkylation sites (tertiary alicyclic amines) is 1. The third-order valence-electron chi connectivity index (χ3n) is 4.47.